The van der Waals surface area contributed by atoms with Gasteiger partial charge in [0.1, 0.15) is 11.9 Å². The van der Waals surface area contributed by atoms with E-state index in [4.69, 9.17) is 20.3 Å². The lowest BCUT2D eigenvalue weighted by Crippen LogP contribution is -2.32. The van der Waals surface area contributed by atoms with Gasteiger partial charge < -0.3 is 25.6 Å². The number of aromatic nitrogens is 2. The molecule has 1 saturated carbocycles. The number of nitrogens with one attached hydrogen (secondary N) is 1. The number of methoxy groups -OCH3 is 1. The van der Waals surface area contributed by atoms with Gasteiger partial charge in [-0.15, -0.1) is 0 Å². The Balaban J connectivity index is 1.41. The molecule has 4 N–H and O–H groups in total. The Morgan fingerprint density at radius 3 is 2.56 bits per heavy atom. The minimum atomic E-state index is -1.01. The molecule has 1 atom stereocenters. The van der Waals surface area contributed by atoms with Crippen LogP contribution in [0.15, 0.2) is 54.9 Å². The van der Waals surface area contributed by atoms with E-state index in [0.29, 0.717) is 12.4 Å². The highest BCUT2D eigenvalue weighted by molar-refractivity contribution is 5.73. The number of ether oxygens (including phenoxy) is 2. The Labute approximate surface area is 199 Å². The molecule has 0 aliphatic heterocycles. The van der Waals surface area contributed by atoms with Crippen molar-refractivity contribution in [1.82, 2.24) is 9.97 Å². The first-order chi connectivity index (χ1) is 16.5. The van der Waals surface area contributed by atoms with Crippen molar-refractivity contribution >= 4 is 11.8 Å². The quantitative estimate of drug-likeness (QED) is 0.413. The lowest BCUT2D eigenvalue weighted by atomic mass is 10.0. The zero-order valence-electron chi connectivity index (χ0n) is 19.2. The number of rotatable bonds is 10. The molecule has 178 valence electrons. The molecule has 0 spiro atoms. The predicted octanol–water partition coefficient (Wildman–Crippen LogP) is 4.04. The topological polar surface area (TPSA) is 120 Å². The van der Waals surface area contributed by atoms with Crippen LogP contribution in [-0.2, 0) is 17.8 Å². The number of benzene rings is 2. The normalized spacial score (nSPS) is 14.5. The molecule has 8 nitrogen and oxygen atoms in total. The van der Waals surface area contributed by atoms with E-state index in [1.54, 1.807) is 19.5 Å². The SMILES string of the molecule is COc1ccc(CNc2cncc(-c3ccc(CC(N)C(=O)O)cc3)n2)cc1OC1CCCC1. The molecule has 3 aromatic rings. The first-order valence-corrected chi connectivity index (χ1v) is 11.5. The fourth-order valence-corrected chi connectivity index (χ4v) is 4.04. The maximum atomic E-state index is 11.0. The van der Waals surface area contributed by atoms with Crippen LogP contribution in [0.1, 0.15) is 36.8 Å². The van der Waals surface area contributed by atoms with Gasteiger partial charge in [0.15, 0.2) is 11.5 Å². The number of anilines is 1. The number of hydrogen-bond acceptors (Lipinski definition) is 7. The summed E-state index contributed by atoms with van der Waals surface area (Å²) in [6.07, 6.45) is 8.50. The van der Waals surface area contributed by atoms with Crippen LogP contribution < -0.4 is 20.5 Å². The second kappa shape index (κ2) is 11.0. The Morgan fingerprint density at radius 1 is 1.12 bits per heavy atom. The van der Waals surface area contributed by atoms with Crippen LogP contribution in [0.4, 0.5) is 5.82 Å². The summed E-state index contributed by atoms with van der Waals surface area (Å²) >= 11 is 0. The van der Waals surface area contributed by atoms with E-state index in [-0.39, 0.29) is 12.5 Å². The maximum Gasteiger partial charge on any atom is 0.320 e. The fourth-order valence-electron chi connectivity index (χ4n) is 4.04. The summed E-state index contributed by atoms with van der Waals surface area (Å²) in [5, 5.41) is 12.3. The summed E-state index contributed by atoms with van der Waals surface area (Å²) in [6, 6.07) is 12.6. The number of carboxylic acid groups (broad SMARTS) is 1. The first kappa shape index (κ1) is 23.5. The second-order valence-electron chi connectivity index (χ2n) is 8.50. The molecule has 4 rings (SSSR count). The molecule has 34 heavy (non-hydrogen) atoms. The minimum Gasteiger partial charge on any atom is -0.493 e. The van der Waals surface area contributed by atoms with Crippen molar-refractivity contribution in [2.45, 2.75) is 50.8 Å². The second-order valence-corrected chi connectivity index (χ2v) is 8.50. The summed E-state index contributed by atoms with van der Waals surface area (Å²) < 4.78 is 11.7. The van der Waals surface area contributed by atoms with Gasteiger partial charge in [-0.05, 0) is 55.4 Å². The van der Waals surface area contributed by atoms with Crippen molar-refractivity contribution < 1.29 is 19.4 Å². The smallest absolute Gasteiger partial charge is 0.320 e. The zero-order chi connectivity index (χ0) is 23.9. The molecule has 1 aromatic heterocycles. The lowest BCUT2D eigenvalue weighted by molar-refractivity contribution is -0.138. The Morgan fingerprint density at radius 2 is 1.85 bits per heavy atom. The zero-order valence-corrected chi connectivity index (χ0v) is 19.2. The summed E-state index contributed by atoms with van der Waals surface area (Å²) in [6.45, 7) is 0.565. The van der Waals surface area contributed by atoms with Gasteiger partial charge in [0.2, 0.25) is 0 Å². The van der Waals surface area contributed by atoms with E-state index in [9.17, 15) is 4.79 Å². The van der Waals surface area contributed by atoms with Gasteiger partial charge in [0.05, 0.1) is 31.3 Å². The van der Waals surface area contributed by atoms with Crippen LogP contribution in [0.5, 0.6) is 11.5 Å². The Kier molecular flexibility index (Phi) is 7.59. The standard InChI is InChI=1S/C26H30N4O4/c1-33-23-11-8-18(13-24(23)34-20-4-2-3-5-20)14-29-25-16-28-15-22(30-25)19-9-6-17(7-10-19)12-21(27)26(31)32/h6-11,13,15-16,20-21H,2-5,12,14,27H2,1H3,(H,29,30)(H,31,32). The Bertz CT molecular complexity index is 1110. The molecule has 1 fully saturated rings. The van der Waals surface area contributed by atoms with Gasteiger partial charge in [-0.1, -0.05) is 30.3 Å². The van der Waals surface area contributed by atoms with Gasteiger partial charge in [-0.25, -0.2) is 4.98 Å². The molecule has 1 aliphatic rings. The summed E-state index contributed by atoms with van der Waals surface area (Å²) in [5.74, 6) is 1.16. The van der Waals surface area contributed by atoms with Crippen molar-refractivity contribution in [3.05, 3.63) is 66.0 Å². The van der Waals surface area contributed by atoms with Crippen molar-refractivity contribution in [3.8, 4) is 22.8 Å². The number of nitrogens with two attached hydrogens (primary N) is 1. The van der Waals surface area contributed by atoms with Crippen LogP contribution >= 0.6 is 0 Å². The number of hydrogen-bond donors (Lipinski definition) is 3. The van der Waals surface area contributed by atoms with Crippen molar-refractivity contribution in [2.75, 3.05) is 12.4 Å². The van der Waals surface area contributed by atoms with Gasteiger partial charge in [0, 0.05) is 12.1 Å². The molecule has 1 heterocycles. The van der Waals surface area contributed by atoms with E-state index in [1.165, 1.54) is 12.8 Å². The van der Waals surface area contributed by atoms with Crippen LogP contribution in [0.25, 0.3) is 11.3 Å². The number of carboxylic acids is 1. The molecule has 0 bridgehead atoms. The van der Waals surface area contributed by atoms with Crippen LogP contribution in [0, 0.1) is 0 Å². The van der Waals surface area contributed by atoms with E-state index < -0.39 is 12.0 Å². The van der Waals surface area contributed by atoms with Gasteiger partial charge in [0.25, 0.3) is 0 Å². The summed E-state index contributed by atoms with van der Waals surface area (Å²) in [7, 11) is 1.66. The molecule has 0 amide bonds. The summed E-state index contributed by atoms with van der Waals surface area (Å²) in [5.41, 5.74) is 9.14. The third-order valence-corrected chi connectivity index (χ3v) is 5.95. The molecular weight excluding hydrogens is 432 g/mol. The van der Waals surface area contributed by atoms with Crippen molar-refractivity contribution in [2.24, 2.45) is 5.73 Å². The molecule has 2 aromatic carbocycles. The first-order valence-electron chi connectivity index (χ1n) is 11.5. The fraction of sp³-hybridized carbons (Fsp3) is 0.346. The molecule has 8 heteroatoms. The molecule has 0 saturated heterocycles. The Hall–Kier alpha value is -3.65. The predicted molar refractivity (Wildman–Crippen MR) is 130 cm³/mol. The highest BCUT2D eigenvalue weighted by Crippen LogP contribution is 2.32. The van der Waals surface area contributed by atoms with Gasteiger partial charge in [-0.3, -0.25) is 9.78 Å². The minimum absolute atomic E-state index is 0.255. The number of aliphatic carboxylic acids is 1. The molecule has 1 unspecified atom stereocenters. The van der Waals surface area contributed by atoms with Gasteiger partial charge in [-0.2, -0.15) is 0 Å². The van der Waals surface area contributed by atoms with E-state index in [0.717, 1.165) is 46.7 Å². The molecular formula is C26H30N4O4. The van der Waals surface area contributed by atoms with Crippen LogP contribution in [0.2, 0.25) is 0 Å². The van der Waals surface area contributed by atoms with E-state index in [2.05, 4.69) is 15.3 Å². The monoisotopic (exact) mass is 462 g/mol. The van der Waals surface area contributed by atoms with E-state index in [1.807, 2.05) is 42.5 Å². The molecule has 0 radical (unpaired) electrons. The van der Waals surface area contributed by atoms with Crippen LogP contribution in [0.3, 0.4) is 0 Å². The third-order valence-electron chi connectivity index (χ3n) is 5.95. The number of nitrogens with zero attached hydrogens (tertiary/aromatic N) is 2. The third kappa shape index (κ3) is 6.02. The highest BCUT2D eigenvalue weighted by atomic mass is 16.5. The average Bonchev–Trinajstić information content (AvgIpc) is 3.36. The maximum absolute atomic E-state index is 11.0. The highest BCUT2D eigenvalue weighted by Gasteiger charge is 2.18. The van der Waals surface area contributed by atoms with E-state index >= 15 is 0 Å². The van der Waals surface area contributed by atoms with Crippen molar-refractivity contribution in [1.29, 1.82) is 0 Å². The molecule has 1 aliphatic carbocycles. The summed E-state index contributed by atoms with van der Waals surface area (Å²) in [4.78, 5) is 19.9. The largest absolute Gasteiger partial charge is 0.493 e. The average molecular weight is 463 g/mol. The van der Waals surface area contributed by atoms with Crippen molar-refractivity contribution in [3.63, 3.8) is 0 Å². The van der Waals surface area contributed by atoms with Crippen LogP contribution in [-0.4, -0.2) is 40.3 Å². The number of carbonyl (C=O) groups is 1. The lowest BCUT2D eigenvalue weighted by Gasteiger charge is -2.17. The van der Waals surface area contributed by atoms with Gasteiger partial charge >= 0.3 is 5.97 Å².